The highest BCUT2D eigenvalue weighted by Crippen LogP contribution is 2.14. The van der Waals surface area contributed by atoms with Crippen LogP contribution in [0.15, 0.2) is 24.3 Å². The number of halogens is 1. The van der Waals surface area contributed by atoms with Crippen molar-refractivity contribution in [2.45, 2.75) is 45.7 Å². The lowest BCUT2D eigenvalue weighted by Crippen LogP contribution is -2.24. The molecule has 0 fully saturated rings. The monoisotopic (exact) mass is 282 g/mol. The summed E-state index contributed by atoms with van der Waals surface area (Å²) in [6.45, 7) is 6.47. The fourth-order valence-electron chi connectivity index (χ4n) is 2.42. The van der Waals surface area contributed by atoms with E-state index >= 15 is 0 Å². The second-order valence-corrected chi connectivity index (χ2v) is 6.28. The third kappa shape index (κ3) is 7.56. The number of hydrogen-bond acceptors (Lipinski definition) is 2. The molecule has 0 amide bonds. The highest BCUT2D eigenvalue weighted by Gasteiger charge is 2.08. The molecule has 1 aromatic rings. The van der Waals surface area contributed by atoms with Gasteiger partial charge in [-0.3, -0.25) is 0 Å². The van der Waals surface area contributed by atoms with Crippen LogP contribution >= 0.6 is 11.6 Å². The van der Waals surface area contributed by atoms with Crippen molar-refractivity contribution < 1.29 is 0 Å². The number of nitrogens with zero attached hydrogens (tertiary/aromatic N) is 1. The van der Waals surface area contributed by atoms with E-state index in [4.69, 9.17) is 17.3 Å². The van der Waals surface area contributed by atoms with Crippen LogP contribution in [-0.2, 0) is 6.54 Å². The van der Waals surface area contributed by atoms with E-state index in [1.807, 2.05) is 18.2 Å². The van der Waals surface area contributed by atoms with Gasteiger partial charge in [-0.2, -0.15) is 0 Å². The van der Waals surface area contributed by atoms with Gasteiger partial charge in [0.2, 0.25) is 0 Å². The van der Waals surface area contributed by atoms with Gasteiger partial charge >= 0.3 is 0 Å². The Kier molecular flexibility index (Phi) is 7.44. The quantitative estimate of drug-likeness (QED) is 0.783. The first kappa shape index (κ1) is 16.5. The molecule has 0 aromatic heterocycles. The fraction of sp³-hybridized carbons (Fsp3) is 0.625. The van der Waals surface area contributed by atoms with Gasteiger partial charge in [-0.15, -0.1) is 0 Å². The van der Waals surface area contributed by atoms with E-state index in [0.29, 0.717) is 12.0 Å². The second kappa shape index (κ2) is 8.57. The van der Waals surface area contributed by atoms with E-state index < -0.39 is 0 Å². The highest BCUT2D eigenvalue weighted by atomic mass is 35.5. The van der Waals surface area contributed by atoms with Gasteiger partial charge in [0, 0.05) is 24.2 Å². The summed E-state index contributed by atoms with van der Waals surface area (Å²) < 4.78 is 0. The summed E-state index contributed by atoms with van der Waals surface area (Å²) in [4.78, 5) is 2.36. The maximum atomic E-state index is 6.00. The van der Waals surface area contributed by atoms with E-state index in [1.54, 1.807) is 0 Å². The Hall–Kier alpha value is -0.570. The highest BCUT2D eigenvalue weighted by molar-refractivity contribution is 6.30. The van der Waals surface area contributed by atoms with Crippen LogP contribution in [0.3, 0.4) is 0 Å². The molecule has 2 nitrogen and oxygen atoms in total. The molecule has 2 atom stereocenters. The zero-order valence-electron chi connectivity index (χ0n) is 12.4. The Morgan fingerprint density at radius 1 is 1.26 bits per heavy atom. The summed E-state index contributed by atoms with van der Waals surface area (Å²) in [7, 11) is 2.17. The average Bonchev–Trinajstić information content (AvgIpc) is 2.27. The molecule has 2 unspecified atom stereocenters. The number of rotatable bonds is 8. The molecule has 1 aromatic carbocycles. The molecule has 0 bridgehead atoms. The zero-order valence-corrected chi connectivity index (χ0v) is 13.2. The summed E-state index contributed by atoms with van der Waals surface area (Å²) in [5.74, 6) is 0.711. The largest absolute Gasteiger partial charge is 0.328 e. The normalized spacial score (nSPS) is 14.6. The van der Waals surface area contributed by atoms with Crippen molar-refractivity contribution in [2.24, 2.45) is 11.7 Å². The molecule has 0 spiro atoms. The summed E-state index contributed by atoms with van der Waals surface area (Å²) >= 11 is 6.00. The molecule has 0 heterocycles. The minimum atomic E-state index is 0.330. The Morgan fingerprint density at radius 3 is 2.63 bits per heavy atom. The third-order valence-electron chi connectivity index (χ3n) is 3.32. The van der Waals surface area contributed by atoms with Crippen molar-refractivity contribution in [1.29, 1.82) is 0 Å². The van der Waals surface area contributed by atoms with Crippen molar-refractivity contribution in [3.05, 3.63) is 34.9 Å². The molecular weight excluding hydrogens is 256 g/mol. The molecule has 108 valence electrons. The van der Waals surface area contributed by atoms with E-state index in [0.717, 1.165) is 24.5 Å². The Bertz CT molecular complexity index is 366. The smallest absolute Gasteiger partial charge is 0.0409 e. The van der Waals surface area contributed by atoms with Crippen molar-refractivity contribution in [2.75, 3.05) is 13.6 Å². The maximum absolute atomic E-state index is 6.00. The molecule has 0 saturated carbocycles. The first-order chi connectivity index (χ1) is 8.97. The van der Waals surface area contributed by atoms with Gasteiger partial charge in [0.05, 0.1) is 0 Å². The number of benzene rings is 1. The van der Waals surface area contributed by atoms with Crippen LogP contribution in [0.1, 0.15) is 38.7 Å². The Labute approximate surface area is 122 Å². The molecule has 0 radical (unpaired) electrons. The van der Waals surface area contributed by atoms with Crippen LogP contribution in [-0.4, -0.2) is 24.5 Å². The lowest BCUT2D eigenvalue weighted by atomic mass is 10.0. The third-order valence-corrected chi connectivity index (χ3v) is 3.56. The number of hydrogen-bond donors (Lipinski definition) is 1. The van der Waals surface area contributed by atoms with E-state index in [-0.39, 0.29) is 0 Å². The van der Waals surface area contributed by atoms with Crippen LogP contribution in [0.25, 0.3) is 0 Å². The molecular formula is C16H27ClN2. The van der Waals surface area contributed by atoms with Gasteiger partial charge in [-0.25, -0.2) is 0 Å². The van der Waals surface area contributed by atoms with E-state index in [1.165, 1.54) is 18.4 Å². The lowest BCUT2D eigenvalue weighted by molar-refractivity contribution is 0.267. The van der Waals surface area contributed by atoms with Crippen LogP contribution in [0.5, 0.6) is 0 Å². The zero-order chi connectivity index (χ0) is 14.3. The number of nitrogens with two attached hydrogens (primary N) is 1. The van der Waals surface area contributed by atoms with E-state index in [9.17, 15) is 0 Å². The Balaban J connectivity index is 2.28. The molecule has 1 rings (SSSR count). The molecule has 2 N–H and O–H groups in total. The van der Waals surface area contributed by atoms with Crippen molar-refractivity contribution >= 4 is 11.6 Å². The molecule has 0 aliphatic carbocycles. The second-order valence-electron chi connectivity index (χ2n) is 5.84. The Morgan fingerprint density at radius 2 is 2.00 bits per heavy atom. The summed E-state index contributed by atoms with van der Waals surface area (Å²) in [5, 5.41) is 0.816. The minimum absolute atomic E-state index is 0.330. The van der Waals surface area contributed by atoms with Crippen molar-refractivity contribution in [1.82, 2.24) is 4.90 Å². The van der Waals surface area contributed by atoms with Gasteiger partial charge in [-0.05, 0) is 50.4 Å². The van der Waals surface area contributed by atoms with Crippen LogP contribution in [0.2, 0.25) is 5.02 Å². The topological polar surface area (TPSA) is 29.3 Å². The van der Waals surface area contributed by atoms with Crippen LogP contribution in [0.4, 0.5) is 0 Å². The first-order valence-corrected chi connectivity index (χ1v) is 7.53. The van der Waals surface area contributed by atoms with Gasteiger partial charge in [0.15, 0.2) is 0 Å². The average molecular weight is 283 g/mol. The van der Waals surface area contributed by atoms with Gasteiger partial charge in [0.1, 0.15) is 0 Å². The van der Waals surface area contributed by atoms with Crippen LogP contribution in [0, 0.1) is 5.92 Å². The maximum Gasteiger partial charge on any atom is 0.0409 e. The van der Waals surface area contributed by atoms with Crippen molar-refractivity contribution in [3.63, 3.8) is 0 Å². The molecule has 0 aliphatic heterocycles. The van der Waals surface area contributed by atoms with Gasteiger partial charge in [0.25, 0.3) is 0 Å². The van der Waals surface area contributed by atoms with E-state index in [2.05, 4.69) is 31.9 Å². The standard InChI is InChI=1S/C16H27ClN2/c1-13(6-4-7-14(2)18)11-19(3)12-15-8-5-9-16(17)10-15/h5,8-10,13-14H,4,6-7,11-12,18H2,1-3H3. The SMILES string of the molecule is CC(N)CCCC(C)CN(C)Cc1cccc(Cl)c1. The fourth-order valence-corrected chi connectivity index (χ4v) is 2.64. The van der Waals surface area contributed by atoms with Gasteiger partial charge < -0.3 is 10.6 Å². The molecule has 0 aliphatic rings. The predicted molar refractivity (Wildman–Crippen MR) is 84.5 cm³/mol. The molecule has 3 heteroatoms. The molecule has 19 heavy (non-hydrogen) atoms. The van der Waals surface area contributed by atoms with Crippen molar-refractivity contribution in [3.8, 4) is 0 Å². The molecule has 0 saturated heterocycles. The van der Waals surface area contributed by atoms with Crippen LogP contribution < -0.4 is 5.73 Å². The lowest BCUT2D eigenvalue weighted by Gasteiger charge is -2.21. The summed E-state index contributed by atoms with van der Waals surface area (Å²) in [5.41, 5.74) is 7.05. The minimum Gasteiger partial charge on any atom is -0.328 e. The summed E-state index contributed by atoms with van der Waals surface area (Å²) in [6, 6.07) is 8.43. The van der Waals surface area contributed by atoms with Gasteiger partial charge in [-0.1, -0.05) is 37.1 Å². The summed E-state index contributed by atoms with van der Waals surface area (Å²) in [6.07, 6.45) is 3.60. The first-order valence-electron chi connectivity index (χ1n) is 7.16. The predicted octanol–water partition coefficient (Wildman–Crippen LogP) is 3.93.